The van der Waals surface area contributed by atoms with E-state index < -0.39 is 0 Å². The molecule has 0 aliphatic carbocycles. The van der Waals surface area contributed by atoms with Crippen molar-refractivity contribution in [3.8, 4) is 0 Å². The number of nitrogens with one attached hydrogen (secondary N) is 1. The first-order valence-corrected chi connectivity index (χ1v) is 7.11. The highest BCUT2D eigenvalue weighted by molar-refractivity contribution is 6.10. The Morgan fingerprint density at radius 3 is 2.21 bits per heavy atom. The number of amidine groups is 1. The Morgan fingerprint density at radius 1 is 0.917 bits per heavy atom. The predicted octanol–water partition coefficient (Wildman–Crippen LogP) is -1.68. The monoisotopic (exact) mass is 341 g/mol. The van der Waals surface area contributed by atoms with E-state index in [2.05, 4.69) is 26.2 Å². The van der Waals surface area contributed by atoms with Crippen molar-refractivity contribution in [2.75, 3.05) is 10.1 Å². The molecule has 0 fully saturated rings. The average molecular weight is 342 g/mol. The highest BCUT2D eigenvalue weighted by Gasteiger charge is 2.29. The highest BCUT2D eigenvalue weighted by atomic mass is 35.5. The standard InChI is InChI=1S/C15H14N8.ClH/c1-21-15(16-18-19-21)22-14(12-8-4-2-5-9-12)17-23(20-22)13-10-6-3-7-11-13;/h2-11,20H,1H3;1H/p-1. The van der Waals surface area contributed by atoms with Gasteiger partial charge in [0.15, 0.2) is 5.84 Å². The van der Waals surface area contributed by atoms with E-state index in [9.17, 15) is 0 Å². The minimum absolute atomic E-state index is 0. The van der Waals surface area contributed by atoms with E-state index in [0.717, 1.165) is 11.3 Å². The molecule has 0 unspecified atom stereocenters. The van der Waals surface area contributed by atoms with Crippen LogP contribution >= 0.6 is 0 Å². The molecule has 9 heteroatoms. The first-order chi connectivity index (χ1) is 11.3. The molecule has 4 rings (SSSR count). The van der Waals surface area contributed by atoms with E-state index in [0.29, 0.717) is 11.8 Å². The average Bonchev–Trinajstić information content (AvgIpc) is 3.22. The number of hydrazine groups is 2. The Kier molecular flexibility index (Phi) is 4.41. The Hall–Kier alpha value is -2.97. The summed E-state index contributed by atoms with van der Waals surface area (Å²) >= 11 is 0. The van der Waals surface area contributed by atoms with Crippen LogP contribution in [0.3, 0.4) is 0 Å². The maximum Gasteiger partial charge on any atom is 0.267 e. The van der Waals surface area contributed by atoms with Crippen LogP contribution in [-0.4, -0.2) is 26.0 Å². The summed E-state index contributed by atoms with van der Waals surface area (Å²) in [6.45, 7) is 0. The van der Waals surface area contributed by atoms with Gasteiger partial charge in [-0.3, -0.25) is 0 Å². The van der Waals surface area contributed by atoms with Gasteiger partial charge in [0.2, 0.25) is 0 Å². The second-order valence-corrected chi connectivity index (χ2v) is 4.97. The van der Waals surface area contributed by atoms with Crippen molar-refractivity contribution in [1.29, 1.82) is 0 Å². The summed E-state index contributed by atoms with van der Waals surface area (Å²) < 4.78 is 1.58. The number of hydrazone groups is 1. The van der Waals surface area contributed by atoms with Gasteiger partial charge in [0, 0.05) is 12.6 Å². The molecule has 24 heavy (non-hydrogen) atoms. The first kappa shape index (κ1) is 15.9. The van der Waals surface area contributed by atoms with E-state index in [1.54, 1.807) is 21.9 Å². The Morgan fingerprint density at radius 2 is 1.58 bits per heavy atom. The number of nitrogens with zero attached hydrogens (tertiary/aromatic N) is 7. The van der Waals surface area contributed by atoms with Gasteiger partial charge in [0.25, 0.3) is 5.95 Å². The molecule has 1 N–H and O–H groups in total. The van der Waals surface area contributed by atoms with E-state index in [1.807, 2.05) is 60.7 Å². The Balaban J connectivity index is 0.00000169. The molecule has 1 aliphatic heterocycles. The number of aryl methyl sites for hydroxylation is 1. The van der Waals surface area contributed by atoms with E-state index in [4.69, 9.17) is 0 Å². The third kappa shape index (κ3) is 2.80. The van der Waals surface area contributed by atoms with Crippen molar-refractivity contribution in [2.45, 2.75) is 0 Å². The molecular weight excluding hydrogens is 328 g/mol. The zero-order valence-corrected chi connectivity index (χ0v) is 13.5. The molecular formula is C15H14ClN8-. The molecule has 0 saturated heterocycles. The van der Waals surface area contributed by atoms with Crippen LogP contribution in [0.5, 0.6) is 0 Å². The third-order valence-corrected chi connectivity index (χ3v) is 3.43. The van der Waals surface area contributed by atoms with Crippen LogP contribution < -0.4 is 28.1 Å². The van der Waals surface area contributed by atoms with Gasteiger partial charge in [-0.2, -0.15) is 5.12 Å². The van der Waals surface area contributed by atoms with Crippen molar-refractivity contribution in [3.63, 3.8) is 0 Å². The van der Waals surface area contributed by atoms with Crippen molar-refractivity contribution in [3.05, 3.63) is 66.2 Å². The number of tetrazole rings is 1. The van der Waals surface area contributed by atoms with Crippen LogP contribution in [0.15, 0.2) is 65.8 Å². The number of rotatable bonds is 3. The fraction of sp³-hybridized carbons (Fsp3) is 0.0667. The number of para-hydroxylation sites is 1. The highest BCUT2D eigenvalue weighted by Crippen LogP contribution is 2.21. The van der Waals surface area contributed by atoms with Crippen molar-refractivity contribution in [2.24, 2.45) is 12.1 Å². The molecule has 0 amide bonds. The number of anilines is 2. The molecule has 122 valence electrons. The quantitative estimate of drug-likeness (QED) is 0.613. The summed E-state index contributed by atoms with van der Waals surface area (Å²) in [5.41, 5.74) is 5.07. The fourth-order valence-corrected chi connectivity index (χ4v) is 2.32. The maximum atomic E-state index is 4.66. The summed E-state index contributed by atoms with van der Waals surface area (Å²) in [7, 11) is 1.78. The van der Waals surface area contributed by atoms with Crippen LogP contribution in [0.1, 0.15) is 5.56 Å². The van der Waals surface area contributed by atoms with Crippen molar-refractivity contribution >= 4 is 17.5 Å². The summed E-state index contributed by atoms with van der Waals surface area (Å²) in [6.07, 6.45) is 0. The van der Waals surface area contributed by atoms with Crippen molar-refractivity contribution < 1.29 is 12.4 Å². The molecule has 0 atom stereocenters. The Bertz CT molecular complexity index is 833. The zero-order chi connectivity index (χ0) is 15.6. The molecule has 0 radical (unpaired) electrons. The summed E-state index contributed by atoms with van der Waals surface area (Å²) in [6, 6.07) is 19.7. The van der Waals surface area contributed by atoms with Crippen molar-refractivity contribution in [1.82, 2.24) is 25.7 Å². The van der Waals surface area contributed by atoms with Gasteiger partial charge < -0.3 is 12.4 Å². The number of benzene rings is 2. The van der Waals surface area contributed by atoms with E-state index in [-0.39, 0.29) is 12.4 Å². The van der Waals surface area contributed by atoms with Crippen LogP contribution in [-0.2, 0) is 7.05 Å². The van der Waals surface area contributed by atoms with Crippen LogP contribution in [0, 0.1) is 0 Å². The normalized spacial score (nSPS) is 13.6. The number of hydrogen-bond acceptors (Lipinski definition) is 7. The number of halogens is 1. The van der Waals surface area contributed by atoms with Crippen LogP contribution in [0.4, 0.5) is 11.6 Å². The zero-order valence-electron chi connectivity index (χ0n) is 12.8. The minimum Gasteiger partial charge on any atom is -1.00 e. The third-order valence-electron chi connectivity index (χ3n) is 3.43. The summed E-state index contributed by atoms with van der Waals surface area (Å²) in [5, 5.41) is 19.8. The number of hydrogen-bond donors (Lipinski definition) is 1. The van der Waals surface area contributed by atoms with E-state index in [1.165, 1.54) is 0 Å². The van der Waals surface area contributed by atoms with Crippen LogP contribution in [0.25, 0.3) is 0 Å². The smallest absolute Gasteiger partial charge is 0.267 e. The predicted molar refractivity (Wildman–Crippen MR) is 86.3 cm³/mol. The molecule has 8 nitrogen and oxygen atoms in total. The molecule has 0 saturated carbocycles. The number of aromatic nitrogens is 4. The lowest BCUT2D eigenvalue weighted by Crippen LogP contribution is -3.00. The van der Waals surface area contributed by atoms with Gasteiger partial charge in [-0.1, -0.05) is 53.6 Å². The Labute approximate surface area is 144 Å². The molecule has 1 aliphatic rings. The second-order valence-electron chi connectivity index (χ2n) is 4.97. The second kappa shape index (κ2) is 6.65. The molecule has 0 spiro atoms. The SMILES string of the molecule is Cn1nnnc1N1NN(c2ccccc2)N=C1c1ccccc1.[Cl-]. The van der Waals surface area contributed by atoms with Gasteiger partial charge in [-0.25, -0.2) is 9.69 Å². The molecule has 2 aromatic carbocycles. The lowest BCUT2D eigenvalue weighted by Gasteiger charge is -2.19. The molecule has 3 aromatic rings. The lowest BCUT2D eigenvalue weighted by molar-refractivity contribution is -0.00000483. The minimum atomic E-state index is 0. The lowest BCUT2D eigenvalue weighted by atomic mass is 10.2. The first-order valence-electron chi connectivity index (χ1n) is 7.11. The molecule has 2 heterocycles. The van der Waals surface area contributed by atoms with E-state index >= 15 is 0 Å². The molecule has 0 bridgehead atoms. The molecule has 1 aromatic heterocycles. The van der Waals surface area contributed by atoms with Gasteiger partial charge in [0.1, 0.15) is 0 Å². The van der Waals surface area contributed by atoms with Gasteiger partial charge >= 0.3 is 0 Å². The fourth-order valence-electron chi connectivity index (χ4n) is 2.32. The van der Waals surface area contributed by atoms with Gasteiger partial charge in [-0.15, -0.1) is 10.6 Å². The maximum absolute atomic E-state index is 4.66. The summed E-state index contributed by atoms with van der Waals surface area (Å²) in [5.74, 6) is 1.26. The van der Waals surface area contributed by atoms with Gasteiger partial charge in [0.05, 0.1) is 5.69 Å². The van der Waals surface area contributed by atoms with Crippen LogP contribution in [0.2, 0.25) is 0 Å². The topological polar surface area (TPSA) is 74.5 Å². The summed E-state index contributed by atoms with van der Waals surface area (Å²) in [4.78, 5) is 0. The van der Waals surface area contributed by atoms with Gasteiger partial charge in [-0.05, 0) is 22.6 Å². The largest absolute Gasteiger partial charge is 1.00 e.